The van der Waals surface area contributed by atoms with E-state index in [2.05, 4.69) is 15.7 Å². The maximum absolute atomic E-state index is 13.3. The Hall–Kier alpha value is -1.62. The Balaban J connectivity index is 2.09. The first-order chi connectivity index (χ1) is 7.69. The molecule has 16 heavy (non-hydrogen) atoms. The van der Waals surface area contributed by atoms with Crippen LogP contribution in [0.3, 0.4) is 0 Å². The molecule has 1 aromatic carbocycles. The molecule has 0 amide bonds. The minimum atomic E-state index is -0.243. The van der Waals surface area contributed by atoms with Gasteiger partial charge in [-0.3, -0.25) is 5.43 Å². The third-order valence-electron chi connectivity index (χ3n) is 2.43. The van der Waals surface area contributed by atoms with Crippen LogP contribution in [0.2, 0.25) is 0 Å². The Bertz CT molecular complexity index is 412. The summed E-state index contributed by atoms with van der Waals surface area (Å²) in [6, 6.07) is 5.28. The molecule has 0 aromatic heterocycles. The van der Waals surface area contributed by atoms with Gasteiger partial charge in [-0.1, -0.05) is 6.07 Å². The van der Waals surface area contributed by atoms with Crippen molar-refractivity contribution >= 4 is 11.6 Å². The number of guanidine groups is 1. The molecule has 0 saturated heterocycles. The van der Waals surface area contributed by atoms with Crippen molar-refractivity contribution in [1.82, 2.24) is 5.43 Å². The standard InChI is InChI=1S/C11H15FN4/c1-7-2-3-9(6-10(7)12)15-11(16-13)14-8-4-5-8/h2-3,6,8H,4-5,13H2,1H3,(H2,14,15,16). The third kappa shape index (κ3) is 2.70. The average molecular weight is 222 g/mol. The number of benzene rings is 1. The fourth-order valence-electron chi connectivity index (χ4n) is 1.30. The molecule has 1 aliphatic rings. The Kier molecular flexibility index (Phi) is 3.05. The van der Waals surface area contributed by atoms with Crippen LogP contribution in [0.25, 0.3) is 0 Å². The van der Waals surface area contributed by atoms with Crippen LogP contribution in [0.15, 0.2) is 23.2 Å². The number of aryl methyl sites for hydroxylation is 1. The molecular formula is C11H15FN4. The number of hydrogen-bond acceptors (Lipinski definition) is 2. The molecule has 0 heterocycles. The van der Waals surface area contributed by atoms with Gasteiger partial charge in [0.2, 0.25) is 5.96 Å². The molecule has 4 N–H and O–H groups in total. The second-order valence-electron chi connectivity index (χ2n) is 3.94. The zero-order valence-electron chi connectivity index (χ0n) is 9.13. The number of hydrogen-bond donors (Lipinski definition) is 3. The van der Waals surface area contributed by atoms with Crippen LogP contribution in [0.5, 0.6) is 0 Å². The number of nitrogens with two attached hydrogens (primary N) is 1. The highest BCUT2D eigenvalue weighted by Gasteiger charge is 2.21. The number of nitrogens with zero attached hydrogens (tertiary/aromatic N) is 1. The van der Waals surface area contributed by atoms with E-state index in [1.165, 1.54) is 6.07 Å². The summed E-state index contributed by atoms with van der Waals surface area (Å²) in [4.78, 5) is 4.30. The number of rotatable bonds is 2. The van der Waals surface area contributed by atoms with Crippen molar-refractivity contribution in [2.75, 3.05) is 5.32 Å². The lowest BCUT2D eigenvalue weighted by Gasteiger charge is -2.09. The molecule has 5 heteroatoms. The minimum absolute atomic E-state index is 0.243. The maximum Gasteiger partial charge on any atom is 0.210 e. The van der Waals surface area contributed by atoms with E-state index in [0.717, 1.165) is 12.8 Å². The lowest BCUT2D eigenvalue weighted by molar-refractivity contribution is 0.619. The summed E-state index contributed by atoms with van der Waals surface area (Å²) in [7, 11) is 0. The van der Waals surface area contributed by atoms with E-state index >= 15 is 0 Å². The molecule has 0 atom stereocenters. The van der Waals surface area contributed by atoms with E-state index in [0.29, 0.717) is 23.3 Å². The van der Waals surface area contributed by atoms with Crippen LogP contribution < -0.4 is 16.6 Å². The fourth-order valence-corrected chi connectivity index (χ4v) is 1.30. The van der Waals surface area contributed by atoms with Gasteiger partial charge < -0.3 is 5.32 Å². The number of nitrogens with one attached hydrogen (secondary N) is 2. The molecule has 0 unspecified atom stereocenters. The summed E-state index contributed by atoms with van der Waals surface area (Å²) in [5.41, 5.74) is 3.73. The lowest BCUT2D eigenvalue weighted by Crippen LogP contribution is -2.36. The minimum Gasteiger partial charge on any atom is -0.325 e. The first-order valence-electron chi connectivity index (χ1n) is 5.26. The van der Waals surface area contributed by atoms with Gasteiger partial charge in [0, 0.05) is 5.69 Å². The van der Waals surface area contributed by atoms with Gasteiger partial charge in [0.05, 0.1) is 6.04 Å². The van der Waals surface area contributed by atoms with Crippen molar-refractivity contribution in [3.8, 4) is 0 Å². The van der Waals surface area contributed by atoms with Crippen LogP contribution in [0, 0.1) is 12.7 Å². The molecule has 0 radical (unpaired) electrons. The zero-order chi connectivity index (χ0) is 11.5. The van der Waals surface area contributed by atoms with Gasteiger partial charge in [0.1, 0.15) is 5.82 Å². The Morgan fingerprint density at radius 3 is 2.81 bits per heavy atom. The molecule has 1 aromatic rings. The maximum atomic E-state index is 13.3. The molecule has 1 saturated carbocycles. The van der Waals surface area contributed by atoms with E-state index in [1.807, 2.05) is 0 Å². The first-order valence-corrected chi connectivity index (χ1v) is 5.26. The summed E-state index contributed by atoms with van der Waals surface area (Å²) >= 11 is 0. The normalized spacial score (nSPS) is 16.1. The van der Waals surface area contributed by atoms with E-state index in [4.69, 9.17) is 5.84 Å². The van der Waals surface area contributed by atoms with Crippen molar-refractivity contribution in [3.63, 3.8) is 0 Å². The van der Waals surface area contributed by atoms with Gasteiger partial charge in [-0.05, 0) is 37.5 Å². The van der Waals surface area contributed by atoms with E-state index < -0.39 is 0 Å². The van der Waals surface area contributed by atoms with Crippen LogP contribution in [0.1, 0.15) is 18.4 Å². The summed E-state index contributed by atoms with van der Waals surface area (Å²) in [5, 5.41) is 2.94. The average Bonchev–Trinajstić information content (AvgIpc) is 3.06. The second-order valence-corrected chi connectivity index (χ2v) is 3.94. The predicted molar refractivity (Wildman–Crippen MR) is 62.5 cm³/mol. The number of halogens is 1. The Labute approximate surface area is 93.7 Å². The third-order valence-corrected chi connectivity index (χ3v) is 2.43. The summed E-state index contributed by atoms with van der Waals surface area (Å²) in [6.07, 6.45) is 2.18. The number of anilines is 1. The van der Waals surface area contributed by atoms with Gasteiger partial charge in [-0.15, -0.1) is 0 Å². The Morgan fingerprint density at radius 1 is 1.50 bits per heavy atom. The molecule has 4 nitrogen and oxygen atoms in total. The van der Waals surface area contributed by atoms with E-state index in [9.17, 15) is 4.39 Å². The van der Waals surface area contributed by atoms with Crippen LogP contribution in [-0.4, -0.2) is 12.0 Å². The predicted octanol–water partition coefficient (Wildman–Crippen LogP) is 1.53. The van der Waals surface area contributed by atoms with Gasteiger partial charge in [0.15, 0.2) is 0 Å². The smallest absolute Gasteiger partial charge is 0.210 e. The molecule has 86 valence electrons. The largest absolute Gasteiger partial charge is 0.325 e. The van der Waals surface area contributed by atoms with Crippen molar-refractivity contribution in [3.05, 3.63) is 29.6 Å². The topological polar surface area (TPSA) is 62.4 Å². The van der Waals surface area contributed by atoms with Crippen LogP contribution in [0.4, 0.5) is 10.1 Å². The van der Waals surface area contributed by atoms with Crippen molar-refractivity contribution in [1.29, 1.82) is 0 Å². The summed E-state index contributed by atoms with van der Waals surface area (Å²) < 4.78 is 13.3. The van der Waals surface area contributed by atoms with Gasteiger partial charge in [-0.2, -0.15) is 0 Å². The first kappa shape index (κ1) is 10.9. The van der Waals surface area contributed by atoms with Crippen molar-refractivity contribution in [2.24, 2.45) is 10.8 Å². The van der Waals surface area contributed by atoms with E-state index in [1.54, 1.807) is 19.1 Å². The SMILES string of the molecule is Cc1ccc(NC(=NC2CC2)NN)cc1F. The van der Waals surface area contributed by atoms with Gasteiger partial charge in [-0.25, -0.2) is 15.2 Å². The van der Waals surface area contributed by atoms with Crippen molar-refractivity contribution < 1.29 is 4.39 Å². The Morgan fingerprint density at radius 2 is 2.25 bits per heavy atom. The molecule has 1 fully saturated rings. The monoisotopic (exact) mass is 222 g/mol. The van der Waals surface area contributed by atoms with Gasteiger partial charge >= 0.3 is 0 Å². The highest BCUT2D eigenvalue weighted by molar-refractivity contribution is 5.93. The van der Waals surface area contributed by atoms with Crippen molar-refractivity contribution in [2.45, 2.75) is 25.8 Å². The fraction of sp³-hybridized carbons (Fsp3) is 0.364. The molecule has 0 bridgehead atoms. The van der Waals surface area contributed by atoms with Crippen LogP contribution >= 0.6 is 0 Å². The molecule has 0 spiro atoms. The summed E-state index contributed by atoms with van der Waals surface area (Å²) in [5.74, 6) is 5.56. The summed E-state index contributed by atoms with van der Waals surface area (Å²) in [6.45, 7) is 1.72. The molecule has 0 aliphatic heterocycles. The zero-order valence-corrected chi connectivity index (χ0v) is 9.13. The van der Waals surface area contributed by atoms with Crippen LogP contribution in [-0.2, 0) is 0 Å². The highest BCUT2D eigenvalue weighted by atomic mass is 19.1. The molecule has 2 rings (SSSR count). The highest BCUT2D eigenvalue weighted by Crippen LogP contribution is 2.23. The molecular weight excluding hydrogens is 207 g/mol. The molecule has 1 aliphatic carbocycles. The number of aliphatic imine (C=N–C) groups is 1. The lowest BCUT2D eigenvalue weighted by atomic mass is 10.2. The number of hydrazine groups is 1. The second kappa shape index (κ2) is 4.49. The quantitative estimate of drug-likeness (QED) is 0.308. The van der Waals surface area contributed by atoms with E-state index in [-0.39, 0.29) is 5.82 Å². The van der Waals surface area contributed by atoms with Gasteiger partial charge in [0.25, 0.3) is 0 Å².